The van der Waals surface area contributed by atoms with Crippen molar-refractivity contribution in [3.05, 3.63) is 11.9 Å². The van der Waals surface area contributed by atoms with Gasteiger partial charge >= 0.3 is 0 Å². The number of ether oxygens (including phenoxy) is 1. The summed E-state index contributed by atoms with van der Waals surface area (Å²) in [6.07, 6.45) is 2.68. The largest absolute Gasteiger partial charge is 0.377 e. The molecule has 0 aliphatic carbocycles. The van der Waals surface area contributed by atoms with Crippen molar-refractivity contribution in [2.45, 2.75) is 43.7 Å². The first kappa shape index (κ1) is 13.6. The summed E-state index contributed by atoms with van der Waals surface area (Å²) in [5, 5.41) is 0.956. The lowest BCUT2D eigenvalue weighted by Gasteiger charge is -2.11. The first-order valence-corrected chi connectivity index (χ1v) is 7.27. The lowest BCUT2D eigenvalue weighted by Crippen LogP contribution is -2.12. The highest BCUT2D eigenvalue weighted by atomic mass is 32.2. The van der Waals surface area contributed by atoms with E-state index >= 15 is 0 Å². The Morgan fingerprint density at radius 2 is 2.39 bits per heavy atom. The van der Waals surface area contributed by atoms with Crippen molar-refractivity contribution < 1.29 is 4.74 Å². The van der Waals surface area contributed by atoms with Gasteiger partial charge in [0, 0.05) is 24.3 Å². The van der Waals surface area contributed by atoms with Crippen LogP contribution in [0.1, 0.15) is 38.4 Å². The maximum Gasteiger partial charge on any atom is 0.144 e. The van der Waals surface area contributed by atoms with Gasteiger partial charge < -0.3 is 10.2 Å². The highest BCUT2D eigenvalue weighted by Gasteiger charge is 2.16. The summed E-state index contributed by atoms with van der Waals surface area (Å²) in [7, 11) is 0. The van der Waals surface area contributed by atoms with E-state index in [1.807, 2.05) is 6.07 Å². The lowest BCUT2D eigenvalue weighted by atomic mass is 10.2. The summed E-state index contributed by atoms with van der Waals surface area (Å²) in [6, 6.07) is 1.88. The van der Waals surface area contributed by atoms with E-state index in [9.17, 15) is 0 Å². The topological polar surface area (TPSA) is 73.1 Å². The van der Waals surface area contributed by atoms with E-state index in [0.717, 1.165) is 29.6 Å². The smallest absolute Gasteiger partial charge is 0.144 e. The Morgan fingerprint density at radius 1 is 1.56 bits per heavy atom. The number of aromatic nitrogens is 2. The van der Waals surface area contributed by atoms with Gasteiger partial charge in [-0.05, 0) is 12.8 Å². The Labute approximate surface area is 112 Å². The number of nitrogens with one attached hydrogen (secondary N) is 1. The second-order valence-electron chi connectivity index (χ2n) is 4.69. The van der Waals surface area contributed by atoms with Crippen LogP contribution >= 0.6 is 11.8 Å². The molecule has 1 aromatic heterocycles. The minimum atomic E-state index is 0.292. The van der Waals surface area contributed by atoms with Crippen LogP contribution in [0.15, 0.2) is 11.1 Å². The molecule has 1 fully saturated rings. The van der Waals surface area contributed by atoms with Gasteiger partial charge in [-0.3, -0.25) is 0 Å². The Bertz CT molecular complexity index is 394. The zero-order chi connectivity index (χ0) is 13.0. The summed E-state index contributed by atoms with van der Waals surface area (Å²) >= 11 is 1.71. The molecule has 2 rings (SSSR count). The number of hydrogen-bond donors (Lipinski definition) is 2. The molecule has 0 radical (unpaired) electrons. The fourth-order valence-electron chi connectivity index (χ4n) is 1.80. The van der Waals surface area contributed by atoms with Crippen LogP contribution in [0.2, 0.25) is 0 Å². The van der Waals surface area contributed by atoms with Crippen molar-refractivity contribution in [3.8, 4) is 0 Å². The predicted molar refractivity (Wildman–Crippen MR) is 73.6 cm³/mol. The van der Waals surface area contributed by atoms with Crippen molar-refractivity contribution in [1.82, 2.24) is 9.97 Å². The van der Waals surface area contributed by atoms with Crippen LogP contribution in [-0.2, 0) is 4.74 Å². The Kier molecular flexibility index (Phi) is 4.79. The van der Waals surface area contributed by atoms with Gasteiger partial charge in [-0.15, -0.1) is 11.8 Å². The van der Waals surface area contributed by atoms with Gasteiger partial charge in [0.25, 0.3) is 0 Å². The zero-order valence-corrected chi connectivity index (χ0v) is 11.7. The number of nitrogen functional groups attached to an aromatic ring is 1. The minimum Gasteiger partial charge on any atom is -0.377 e. The molecular weight excluding hydrogens is 248 g/mol. The van der Waals surface area contributed by atoms with Crippen LogP contribution in [0.5, 0.6) is 0 Å². The van der Waals surface area contributed by atoms with Gasteiger partial charge in [-0.25, -0.2) is 15.8 Å². The average Bonchev–Trinajstić information content (AvgIpc) is 2.89. The maximum atomic E-state index is 5.60. The molecule has 3 N–H and O–H groups in total. The van der Waals surface area contributed by atoms with E-state index in [0.29, 0.717) is 17.8 Å². The molecule has 1 aliphatic rings. The molecule has 0 spiro atoms. The monoisotopic (exact) mass is 268 g/mol. The molecule has 0 amide bonds. The highest BCUT2D eigenvalue weighted by molar-refractivity contribution is 7.99. The molecule has 1 saturated heterocycles. The van der Waals surface area contributed by atoms with E-state index in [4.69, 9.17) is 10.6 Å². The fourth-order valence-corrected chi connectivity index (χ4v) is 2.78. The summed E-state index contributed by atoms with van der Waals surface area (Å²) in [5.74, 6) is 8.16. The predicted octanol–water partition coefficient (Wildman–Crippen LogP) is 2.16. The highest BCUT2D eigenvalue weighted by Crippen LogP contribution is 2.25. The van der Waals surface area contributed by atoms with Gasteiger partial charge in [-0.2, -0.15) is 0 Å². The van der Waals surface area contributed by atoms with Crippen molar-refractivity contribution in [1.29, 1.82) is 0 Å². The number of rotatable bonds is 5. The Hall–Kier alpha value is -0.850. The molecule has 100 valence electrons. The number of thioether (sulfide) groups is 1. The first-order chi connectivity index (χ1) is 8.69. The van der Waals surface area contributed by atoms with Gasteiger partial charge in [-0.1, -0.05) is 13.8 Å². The van der Waals surface area contributed by atoms with E-state index in [1.165, 1.54) is 6.42 Å². The van der Waals surface area contributed by atoms with Gasteiger partial charge in [0.15, 0.2) is 0 Å². The second-order valence-corrected chi connectivity index (χ2v) is 5.73. The molecule has 1 aromatic rings. The molecule has 18 heavy (non-hydrogen) atoms. The fraction of sp³-hybridized carbons (Fsp3) is 0.667. The van der Waals surface area contributed by atoms with Gasteiger partial charge in [0.1, 0.15) is 16.7 Å². The van der Waals surface area contributed by atoms with Crippen LogP contribution in [0, 0.1) is 0 Å². The number of nitrogens with two attached hydrogens (primary N) is 1. The second kappa shape index (κ2) is 6.36. The van der Waals surface area contributed by atoms with Crippen molar-refractivity contribution in [2.75, 3.05) is 17.8 Å². The van der Waals surface area contributed by atoms with Crippen LogP contribution < -0.4 is 11.3 Å². The van der Waals surface area contributed by atoms with E-state index in [1.54, 1.807) is 11.8 Å². The first-order valence-electron chi connectivity index (χ1n) is 6.29. The van der Waals surface area contributed by atoms with Gasteiger partial charge in [0.2, 0.25) is 0 Å². The third-order valence-electron chi connectivity index (χ3n) is 2.83. The molecule has 6 heteroatoms. The summed E-state index contributed by atoms with van der Waals surface area (Å²) in [6.45, 7) is 5.04. The zero-order valence-electron chi connectivity index (χ0n) is 10.8. The molecule has 1 atom stereocenters. The SMILES string of the molecule is CC(C)c1nc(NN)cc(SCC2CCCO2)n1. The Balaban J connectivity index is 2.03. The molecule has 1 aliphatic heterocycles. The summed E-state index contributed by atoms with van der Waals surface area (Å²) < 4.78 is 5.60. The lowest BCUT2D eigenvalue weighted by molar-refractivity contribution is 0.129. The summed E-state index contributed by atoms with van der Waals surface area (Å²) in [5.41, 5.74) is 2.59. The molecular formula is C12H20N4OS. The standard InChI is InChI=1S/C12H20N4OS/c1-8(2)12-14-10(16-13)6-11(15-12)18-7-9-4-3-5-17-9/h6,8-9H,3-5,7,13H2,1-2H3,(H,14,15,16). The maximum absolute atomic E-state index is 5.60. The van der Waals surface area contributed by atoms with E-state index in [2.05, 4.69) is 29.2 Å². The van der Waals surface area contributed by atoms with E-state index in [-0.39, 0.29) is 0 Å². The van der Waals surface area contributed by atoms with Crippen LogP contribution in [0.3, 0.4) is 0 Å². The quantitative estimate of drug-likeness (QED) is 0.369. The van der Waals surface area contributed by atoms with Crippen molar-refractivity contribution in [2.24, 2.45) is 5.84 Å². The van der Waals surface area contributed by atoms with Gasteiger partial charge in [0.05, 0.1) is 6.10 Å². The number of nitrogens with zero attached hydrogens (tertiary/aromatic N) is 2. The molecule has 0 bridgehead atoms. The number of hydrazine groups is 1. The molecule has 2 heterocycles. The minimum absolute atomic E-state index is 0.292. The van der Waals surface area contributed by atoms with Crippen molar-refractivity contribution >= 4 is 17.6 Å². The summed E-state index contributed by atoms with van der Waals surface area (Å²) in [4.78, 5) is 8.88. The van der Waals surface area contributed by atoms with Crippen molar-refractivity contribution in [3.63, 3.8) is 0 Å². The number of hydrogen-bond acceptors (Lipinski definition) is 6. The molecule has 0 aromatic carbocycles. The molecule has 0 saturated carbocycles. The number of anilines is 1. The molecule has 5 nitrogen and oxygen atoms in total. The van der Waals surface area contributed by atoms with E-state index < -0.39 is 0 Å². The average molecular weight is 268 g/mol. The van der Waals surface area contributed by atoms with Crippen LogP contribution in [0.4, 0.5) is 5.82 Å². The Morgan fingerprint density at radius 3 is 3.00 bits per heavy atom. The van der Waals surface area contributed by atoms with Crippen LogP contribution in [-0.4, -0.2) is 28.4 Å². The third-order valence-corrected chi connectivity index (χ3v) is 3.87. The van der Waals surface area contributed by atoms with Crippen LogP contribution in [0.25, 0.3) is 0 Å². The molecule has 1 unspecified atom stereocenters. The third kappa shape index (κ3) is 3.57. The normalized spacial score (nSPS) is 19.4.